The van der Waals surface area contributed by atoms with E-state index < -0.39 is 0 Å². The van der Waals surface area contributed by atoms with Crippen molar-refractivity contribution in [1.82, 2.24) is 9.78 Å². The molecule has 0 atom stereocenters. The maximum absolute atomic E-state index is 4.20. The lowest BCUT2D eigenvalue weighted by Gasteiger charge is -2.07. The topological polar surface area (TPSA) is 29.9 Å². The summed E-state index contributed by atoms with van der Waals surface area (Å²) in [5, 5.41) is 7.61. The molecular formula is C13H17N3. The van der Waals surface area contributed by atoms with Crippen molar-refractivity contribution in [2.24, 2.45) is 7.05 Å². The lowest BCUT2D eigenvalue weighted by molar-refractivity contribution is 0.767. The van der Waals surface area contributed by atoms with Crippen LogP contribution in [0, 0.1) is 6.92 Å². The fourth-order valence-electron chi connectivity index (χ4n) is 1.77. The van der Waals surface area contributed by atoms with Crippen LogP contribution < -0.4 is 5.32 Å². The summed E-state index contributed by atoms with van der Waals surface area (Å²) in [5.74, 6) is 1.11. The van der Waals surface area contributed by atoms with E-state index in [0.29, 0.717) is 0 Å². The third-order valence-electron chi connectivity index (χ3n) is 2.67. The van der Waals surface area contributed by atoms with Gasteiger partial charge in [-0.15, -0.1) is 0 Å². The summed E-state index contributed by atoms with van der Waals surface area (Å²) in [6.45, 7) is 3.00. The molecule has 1 heterocycles. The van der Waals surface area contributed by atoms with Crippen molar-refractivity contribution in [3.63, 3.8) is 0 Å². The van der Waals surface area contributed by atoms with Gasteiger partial charge in [0.2, 0.25) is 0 Å². The van der Waals surface area contributed by atoms with Crippen molar-refractivity contribution in [3.05, 3.63) is 47.7 Å². The second-order valence-corrected chi connectivity index (χ2v) is 3.96. The minimum atomic E-state index is 0.935. The van der Waals surface area contributed by atoms with E-state index >= 15 is 0 Å². The SMILES string of the molecule is Cc1cnn(C)c1NCCc1ccccc1. The molecule has 3 nitrogen and oxygen atoms in total. The molecule has 0 saturated carbocycles. The Labute approximate surface area is 96.1 Å². The Kier molecular flexibility index (Phi) is 3.25. The van der Waals surface area contributed by atoms with Gasteiger partial charge in [-0.25, -0.2) is 0 Å². The van der Waals surface area contributed by atoms with Crippen molar-refractivity contribution in [2.75, 3.05) is 11.9 Å². The molecule has 0 unspecified atom stereocenters. The number of anilines is 1. The summed E-state index contributed by atoms with van der Waals surface area (Å²) in [6, 6.07) is 10.5. The van der Waals surface area contributed by atoms with Crippen molar-refractivity contribution < 1.29 is 0 Å². The second kappa shape index (κ2) is 4.84. The Morgan fingerprint density at radius 2 is 2.00 bits per heavy atom. The first-order chi connectivity index (χ1) is 7.77. The van der Waals surface area contributed by atoms with E-state index in [9.17, 15) is 0 Å². The minimum Gasteiger partial charge on any atom is -0.370 e. The first-order valence-corrected chi connectivity index (χ1v) is 5.54. The van der Waals surface area contributed by atoms with Gasteiger partial charge in [-0.2, -0.15) is 5.10 Å². The van der Waals surface area contributed by atoms with Gasteiger partial charge in [-0.3, -0.25) is 4.68 Å². The largest absolute Gasteiger partial charge is 0.370 e. The van der Waals surface area contributed by atoms with E-state index in [-0.39, 0.29) is 0 Å². The standard InChI is InChI=1S/C13H17N3/c1-11-10-15-16(2)13(11)14-9-8-12-6-4-3-5-7-12/h3-7,10,14H,8-9H2,1-2H3. The van der Waals surface area contributed by atoms with E-state index in [4.69, 9.17) is 0 Å². The Morgan fingerprint density at radius 3 is 2.62 bits per heavy atom. The van der Waals surface area contributed by atoms with Crippen LogP contribution in [0.4, 0.5) is 5.82 Å². The molecule has 84 valence electrons. The van der Waals surface area contributed by atoms with E-state index in [1.54, 1.807) is 0 Å². The summed E-state index contributed by atoms with van der Waals surface area (Å²) in [5.41, 5.74) is 2.55. The zero-order valence-electron chi connectivity index (χ0n) is 9.77. The van der Waals surface area contributed by atoms with Gasteiger partial charge in [0.25, 0.3) is 0 Å². The van der Waals surface area contributed by atoms with Crippen LogP contribution in [0.25, 0.3) is 0 Å². The molecule has 0 fully saturated rings. The van der Waals surface area contributed by atoms with Gasteiger partial charge in [-0.05, 0) is 18.9 Å². The van der Waals surface area contributed by atoms with Crippen LogP contribution in [0.2, 0.25) is 0 Å². The van der Waals surface area contributed by atoms with Gasteiger partial charge in [0.15, 0.2) is 0 Å². The van der Waals surface area contributed by atoms with Gasteiger partial charge in [-0.1, -0.05) is 30.3 Å². The van der Waals surface area contributed by atoms with E-state index in [1.807, 2.05) is 24.0 Å². The Hall–Kier alpha value is -1.77. The first kappa shape index (κ1) is 10.7. The molecule has 0 radical (unpaired) electrons. The number of nitrogens with zero attached hydrogens (tertiary/aromatic N) is 2. The molecule has 1 aromatic carbocycles. The third-order valence-corrected chi connectivity index (χ3v) is 2.67. The molecule has 0 saturated heterocycles. The Balaban J connectivity index is 1.89. The number of aromatic nitrogens is 2. The first-order valence-electron chi connectivity index (χ1n) is 5.54. The summed E-state index contributed by atoms with van der Waals surface area (Å²) >= 11 is 0. The molecule has 2 aromatic rings. The van der Waals surface area contributed by atoms with Crippen molar-refractivity contribution >= 4 is 5.82 Å². The quantitative estimate of drug-likeness (QED) is 0.848. The van der Waals surface area contributed by atoms with E-state index in [2.05, 4.69) is 41.6 Å². The maximum atomic E-state index is 4.20. The minimum absolute atomic E-state index is 0.935. The van der Waals surface area contributed by atoms with Crippen molar-refractivity contribution in [1.29, 1.82) is 0 Å². The fourth-order valence-corrected chi connectivity index (χ4v) is 1.77. The molecule has 0 spiro atoms. The number of rotatable bonds is 4. The molecule has 3 heteroatoms. The molecule has 2 rings (SSSR count). The van der Waals surface area contributed by atoms with Crippen molar-refractivity contribution in [3.8, 4) is 0 Å². The number of hydrogen-bond acceptors (Lipinski definition) is 2. The highest BCUT2D eigenvalue weighted by Crippen LogP contribution is 2.11. The number of nitrogens with one attached hydrogen (secondary N) is 1. The number of aryl methyl sites for hydroxylation is 2. The van der Waals surface area contributed by atoms with Crippen LogP contribution in [0.5, 0.6) is 0 Å². The van der Waals surface area contributed by atoms with Crippen LogP contribution in [-0.4, -0.2) is 16.3 Å². The van der Waals surface area contributed by atoms with Crippen LogP contribution in [0.3, 0.4) is 0 Å². The molecule has 0 aliphatic carbocycles. The highest BCUT2D eigenvalue weighted by Gasteiger charge is 2.02. The van der Waals surface area contributed by atoms with Crippen LogP contribution in [0.15, 0.2) is 36.5 Å². The van der Waals surface area contributed by atoms with E-state index in [1.165, 1.54) is 11.1 Å². The predicted molar refractivity (Wildman–Crippen MR) is 66.6 cm³/mol. The van der Waals surface area contributed by atoms with Crippen molar-refractivity contribution in [2.45, 2.75) is 13.3 Å². The second-order valence-electron chi connectivity index (χ2n) is 3.96. The lowest BCUT2D eigenvalue weighted by atomic mass is 10.1. The number of hydrogen-bond donors (Lipinski definition) is 1. The third kappa shape index (κ3) is 2.42. The molecule has 16 heavy (non-hydrogen) atoms. The smallest absolute Gasteiger partial charge is 0.126 e. The summed E-state index contributed by atoms with van der Waals surface area (Å²) < 4.78 is 1.88. The monoisotopic (exact) mass is 215 g/mol. The highest BCUT2D eigenvalue weighted by atomic mass is 15.3. The zero-order chi connectivity index (χ0) is 11.4. The molecule has 0 amide bonds. The van der Waals surface area contributed by atoms with Gasteiger partial charge in [0.05, 0.1) is 6.20 Å². The van der Waals surface area contributed by atoms with Gasteiger partial charge in [0, 0.05) is 19.2 Å². The molecule has 1 aromatic heterocycles. The molecule has 0 aliphatic rings. The summed E-state index contributed by atoms with van der Waals surface area (Å²) in [7, 11) is 1.96. The Morgan fingerprint density at radius 1 is 1.25 bits per heavy atom. The summed E-state index contributed by atoms with van der Waals surface area (Å²) in [6.07, 6.45) is 2.91. The van der Waals surface area contributed by atoms with Crippen LogP contribution in [-0.2, 0) is 13.5 Å². The Bertz CT molecular complexity index is 426. The molecular weight excluding hydrogens is 198 g/mol. The fraction of sp³-hybridized carbons (Fsp3) is 0.308. The predicted octanol–water partition coefficient (Wildman–Crippen LogP) is 2.38. The number of benzene rings is 1. The normalized spacial score (nSPS) is 10.4. The molecule has 1 N–H and O–H groups in total. The zero-order valence-corrected chi connectivity index (χ0v) is 9.77. The van der Waals surface area contributed by atoms with Crippen LogP contribution >= 0.6 is 0 Å². The average molecular weight is 215 g/mol. The summed E-state index contributed by atoms with van der Waals surface area (Å²) in [4.78, 5) is 0. The van der Waals surface area contributed by atoms with Gasteiger partial charge >= 0.3 is 0 Å². The lowest BCUT2D eigenvalue weighted by Crippen LogP contribution is -2.09. The van der Waals surface area contributed by atoms with Gasteiger partial charge < -0.3 is 5.32 Å². The maximum Gasteiger partial charge on any atom is 0.126 e. The van der Waals surface area contributed by atoms with E-state index in [0.717, 1.165) is 18.8 Å². The van der Waals surface area contributed by atoms with Gasteiger partial charge in [0.1, 0.15) is 5.82 Å². The molecule has 0 bridgehead atoms. The highest BCUT2D eigenvalue weighted by molar-refractivity contribution is 5.42. The van der Waals surface area contributed by atoms with Crippen LogP contribution in [0.1, 0.15) is 11.1 Å². The molecule has 0 aliphatic heterocycles. The average Bonchev–Trinajstić information content (AvgIpc) is 2.62.